The van der Waals surface area contributed by atoms with Crippen LogP contribution < -0.4 is 5.32 Å². The molecule has 1 aliphatic heterocycles. The van der Waals surface area contributed by atoms with Gasteiger partial charge in [-0.3, -0.25) is 19.3 Å². The first kappa shape index (κ1) is 19.1. The minimum atomic E-state index is -0.640. The highest BCUT2D eigenvalue weighted by Crippen LogP contribution is 2.34. The van der Waals surface area contributed by atoms with Crippen LogP contribution in [0.3, 0.4) is 0 Å². The third-order valence-corrected chi connectivity index (χ3v) is 4.96. The highest BCUT2D eigenvalue weighted by Gasteiger charge is 2.36. The number of nitrogens with one attached hydrogen (secondary N) is 1. The van der Waals surface area contributed by atoms with Crippen molar-refractivity contribution in [1.82, 2.24) is 4.90 Å². The number of carbonyl (C=O) groups is 3. The molecule has 0 spiro atoms. The number of carbonyl (C=O) groups excluding carboxylic acids is 3. The van der Waals surface area contributed by atoms with Gasteiger partial charge in [-0.2, -0.15) is 0 Å². The zero-order valence-electron chi connectivity index (χ0n) is 13.6. The van der Waals surface area contributed by atoms with Crippen LogP contribution in [0.25, 0.3) is 6.08 Å². The number of imide groups is 1. The van der Waals surface area contributed by atoms with Crippen molar-refractivity contribution in [3.8, 4) is 5.75 Å². The number of benzene rings is 2. The van der Waals surface area contributed by atoms with E-state index in [9.17, 15) is 23.9 Å². The van der Waals surface area contributed by atoms with E-state index in [1.165, 1.54) is 30.3 Å². The highest BCUT2D eigenvalue weighted by atomic mass is 79.9. The molecule has 1 aliphatic rings. The molecule has 0 bridgehead atoms. The molecule has 3 rings (SSSR count). The number of amides is 3. The molecule has 0 saturated carbocycles. The van der Waals surface area contributed by atoms with Crippen molar-refractivity contribution in [3.63, 3.8) is 0 Å². The zero-order valence-corrected chi connectivity index (χ0v) is 16.0. The summed E-state index contributed by atoms with van der Waals surface area (Å²) >= 11 is 3.94. The number of rotatable bonds is 4. The summed E-state index contributed by atoms with van der Waals surface area (Å²) in [6.45, 7) is -0.497. The fourth-order valence-corrected chi connectivity index (χ4v) is 3.54. The summed E-state index contributed by atoms with van der Waals surface area (Å²) in [4.78, 5) is 37.5. The number of halogens is 2. The van der Waals surface area contributed by atoms with Gasteiger partial charge in [0.1, 0.15) is 18.1 Å². The Morgan fingerprint density at radius 2 is 2.04 bits per heavy atom. The number of phenols is 1. The number of aromatic hydroxyl groups is 1. The lowest BCUT2D eigenvalue weighted by Crippen LogP contribution is -2.36. The molecule has 1 fully saturated rings. The van der Waals surface area contributed by atoms with Crippen LogP contribution in [0, 0.1) is 5.82 Å². The second-order valence-electron chi connectivity index (χ2n) is 5.53. The minimum Gasteiger partial charge on any atom is -0.507 e. The summed E-state index contributed by atoms with van der Waals surface area (Å²) in [5.41, 5.74) is 0.584. The van der Waals surface area contributed by atoms with E-state index in [0.29, 0.717) is 21.8 Å². The van der Waals surface area contributed by atoms with Crippen LogP contribution in [0.15, 0.2) is 51.8 Å². The average molecular weight is 451 g/mol. The fourth-order valence-electron chi connectivity index (χ4n) is 2.33. The monoisotopic (exact) mass is 450 g/mol. The van der Waals surface area contributed by atoms with Gasteiger partial charge < -0.3 is 10.4 Å². The quantitative estimate of drug-likeness (QED) is 0.688. The zero-order chi connectivity index (χ0) is 19.6. The lowest BCUT2D eigenvalue weighted by Gasteiger charge is -2.12. The predicted molar refractivity (Wildman–Crippen MR) is 104 cm³/mol. The molecule has 0 aliphatic carbocycles. The van der Waals surface area contributed by atoms with Gasteiger partial charge >= 0.3 is 0 Å². The Kier molecular flexibility index (Phi) is 5.62. The molecule has 27 heavy (non-hydrogen) atoms. The molecule has 2 aromatic carbocycles. The smallest absolute Gasteiger partial charge is 0.294 e. The normalized spacial score (nSPS) is 15.5. The van der Waals surface area contributed by atoms with Gasteiger partial charge in [-0.1, -0.05) is 22.0 Å². The number of hydrogen-bond acceptors (Lipinski definition) is 5. The van der Waals surface area contributed by atoms with E-state index in [4.69, 9.17) is 0 Å². The maximum absolute atomic E-state index is 13.2. The highest BCUT2D eigenvalue weighted by molar-refractivity contribution is 9.10. The number of thioether (sulfide) groups is 1. The lowest BCUT2D eigenvalue weighted by atomic mass is 10.2. The molecule has 1 saturated heterocycles. The average Bonchev–Trinajstić information content (AvgIpc) is 2.85. The molecule has 1 heterocycles. The number of hydrogen-bond donors (Lipinski definition) is 2. The topological polar surface area (TPSA) is 86.7 Å². The van der Waals surface area contributed by atoms with E-state index < -0.39 is 29.4 Å². The van der Waals surface area contributed by atoms with Crippen LogP contribution in [0.1, 0.15) is 5.56 Å². The van der Waals surface area contributed by atoms with Crippen LogP contribution >= 0.6 is 27.7 Å². The molecule has 3 amide bonds. The number of phenolic OH excluding ortho intramolecular Hbond substituents is 1. The minimum absolute atomic E-state index is 0.0474. The molecule has 2 aromatic rings. The van der Waals surface area contributed by atoms with Crippen molar-refractivity contribution in [2.75, 3.05) is 11.9 Å². The first-order valence-electron chi connectivity index (χ1n) is 7.63. The van der Waals surface area contributed by atoms with Crippen molar-refractivity contribution in [3.05, 3.63) is 63.2 Å². The summed E-state index contributed by atoms with van der Waals surface area (Å²) in [6.07, 6.45) is 1.38. The maximum atomic E-state index is 13.2. The van der Waals surface area contributed by atoms with E-state index in [-0.39, 0.29) is 16.3 Å². The number of nitrogens with zero attached hydrogens (tertiary/aromatic N) is 1. The van der Waals surface area contributed by atoms with Gasteiger partial charge in [-0.15, -0.1) is 0 Å². The van der Waals surface area contributed by atoms with Gasteiger partial charge in [0, 0.05) is 15.7 Å². The Labute approximate surface area is 166 Å². The van der Waals surface area contributed by atoms with Crippen LogP contribution in [0.4, 0.5) is 14.9 Å². The van der Waals surface area contributed by atoms with Gasteiger partial charge in [0.2, 0.25) is 5.91 Å². The van der Waals surface area contributed by atoms with Crippen LogP contribution in [0.5, 0.6) is 5.75 Å². The number of anilines is 1. The van der Waals surface area contributed by atoms with E-state index in [1.807, 2.05) is 0 Å². The van der Waals surface area contributed by atoms with Gasteiger partial charge in [0.05, 0.1) is 4.91 Å². The van der Waals surface area contributed by atoms with Gasteiger partial charge in [0.25, 0.3) is 11.1 Å². The van der Waals surface area contributed by atoms with Crippen molar-refractivity contribution >= 4 is 56.5 Å². The van der Waals surface area contributed by atoms with E-state index in [1.54, 1.807) is 12.1 Å². The molecule has 0 radical (unpaired) electrons. The van der Waals surface area contributed by atoms with Crippen LogP contribution in [-0.2, 0) is 9.59 Å². The van der Waals surface area contributed by atoms with Crippen molar-refractivity contribution < 1.29 is 23.9 Å². The van der Waals surface area contributed by atoms with Crippen molar-refractivity contribution in [2.45, 2.75) is 0 Å². The van der Waals surface area contributed by atoms with E-state index in [0.717, 1.165) is 11.0 Å². The van der Waals surface area contributed by atoms with E-state index >= 15 is 0 Å². The van der Waals surface area contributed by atoms with Gasteiger partial charge in [-0.25, -0.2) is 4.39 Å². The summed E-state index contributed by atoms with van der Waals surface area (Å²) < 4.78 is 13.9. The molecule has 0 aromatic heterocycles. The van der Waals surface area contributed by atoms with Crippen molar-refractivity contribution in [1.29, 1.82) is 0 Å². The van der Waals surface area contributed by atoms with E-state index in [2.05, 4.69) is 21.2 Å². The summed E-state index contributed by atoms with van der Waals surface area (Å²) in [5, 5.41) is 11.7. The standard InChI is InChI=1S/C18H12BrFN2O4S/c19-11-4-5-14(23)10(6-11)7-15-17(25)22(18(26)27-15)9-16(24)21-13-3-1-2-12(20)8-13/h1-8,23H,9H2,(H,21,24)/b15-7+. The molecule has 9 heteroatoms. The molecular weight excluding hydrogens is 439 g/mol. The van der Waals surface area contributed by atoms with Crippen LogP contribution in [0.2, 0.25) is 0 Å². The SMILES string of the molecule is O=C(CN1C(=O)S/C(=C/c2cc(Br)ccc2O)C1=O)Nc1cccc(F)c1. The second kappa shape index (κ2) is 7.93. The van der Waals surface area contributed by atoms with Crippen molar-refractivity contribution in [2.24, 2.45) is 0 Å². The predicted octanol–water partition coefficient (Wildman–Crippen LogP) is 3.97. The molecule has 0 unspecified atom stereocenters. The Morgan fingerprint density at radius 1 is 1.26 bits per heavy atom. The largest absolute Gasteiger partial charge is 0.507 e. The Morgan fingerprint density at radius 3 is 2.78 bits per heavy atom. The fraction of sp³-hybridized carbons (Fsp3) is 0.0556. The lowest BCUT2D eigenvalue weighted by molar-refractivity contribution is -0.127. The molecular formula is C18H12BrFN2O4S. The maximum Gasteiger partial charge on any atom is 0.294 e. The Balaban J connectivity index is 1.73. The Hall–Kier alpha value is -2.65. The molecule has 2 N–H and O–H groups in total. The summed E-state index contributed by atoms with van der Waals surface area (Å²) in [7, 11) is 0. The third-order valence-electron chi connectivity index (χ3n) is 3.56. The first-order chi connectivity index (χ1) is 12.8. The first-order valence-corrected chi connectivity index (χ1v) is 9.24. The molecule has 138 valence electrons. The van der Waals surface area contributed by atoms with Gasteiger partial charge in [0.15, 0.2) is 0 Å². The summed E-state index contributed by atoms with van der Waals surface area (Å²) in [5.74, 6) is -1.84. The Bertz CT molecular complexity index is 980. The molecule has 0 atom stereocenters. The molecule has 6 nitrogen and oxygen atoms in total. The second-order valence-corrected chi connectivity index (χ2v) is 7.44. The van der Waals surface area contributed by atoms with Crippen LogP contribution in [-0.4, -0.2) is 33.6 Å². The summed E-state index contributed by atoms with van der Waals surface area (Å²) in [6, 6.07) is 9.96. The van der Waals surface area contributed by atoms with Gasteiger partial charge in [-0.05, 0) is 54.2 Å². The third kappa shape index (κ3) is 4.55.